The molecule has 3 aromatic rings. The van der Waals surface area contributed by atoms with Crippen molar-refractivity contribution in [3.8, 4) is 11.6 Å². The van der Waals surface area contributed by atoms with E-state index in [-0.39, 0.29) is 12.2 Å². The zero-order valence-electron chi connectivity index (χ0n) is 11.4. The fourth-order valence-corrected chi connectivity index (χ4v) is 2.05. The van der Waals surface area contributed by atoms with Crippen LogP contribution in [0.5, 0.6) is 11.6 Å². The second-order valence-electron chi connectivity index (χ2n) is 4.67. The molecule has 0 fully saturated rings. The summed E-state index contributed by atoms with van der Waals surface area (Å²) in [5.74, 6) is 0.932. The number of rotatable bonds is 3. The van der Waals surface area contributed by atoms with E-state index in [2.05, 4.69) is 4.98 Å². The van der Waals surface area contributed by atoms with Crippen LogP contribution in [0.4, 0.5) is 0 Å². The van der Waals surface area contributed by atoms with Gasteiger partial charge in [-0.2, -0.15) is 0 Å². The van der Waals surface area contributed by atoms with Gasteiger partial charge in [0.25, 0.3) is 0 Å². The van der Waals surface area contributed by atoms with Crippen molar-refractivity contribution in [3.05, 3.63) is 64.1 Å². The van der Waals surface area contributed by atoms with E-state index in [1.807, 2.05) is 13.0 Å². The van der Waals surface area contributed by atoms with Gasteiger partial charge in [0.05, 0.1) is 6.61 Å². The first-order valence-corrected chi connectivity index (χ1v) is 6.44. The highest BCUT2D eigenvalue weighted by molar-refractivity contribution is 5.81. The Morgan fingerprint density at radius 1 is 1.24 bits per heavy atom. The van der Waals surface area contributed by atoms with E-state index in [4.69, 9.17) is 14.3 Å². The number of aromatic nitrogens is 1. The number of aryl methyl sites for hydroxylation is 1. The van der Waals surface area contributed by atoms with Gasteiger partial charge in [0, 0.05) is 29.8 Å². The van der Waals surface area contributed by atoms with Crippen LogP contribution in [0.15, 0.2) is 51.8 Å². The van der Waals surface area contributed by atoms with E-state index in [0.717, 1.165) is 10.9 Å². The van der Waals surface area contributed by atoms with E-state index in [1.54, 1.807) is 30.5 Å². The van der Waals surface area contributed by atoms with Gasteiger partial charge < -0.3 is 14.3 Å². The molecule has 5 nitrogen and oxygen atoms in total. The normalized spacial score (nSPS) is 10.8. The minimum absolute atomic E-state index is 0.0618. The monoisotopic (exact) mass is 283 g/mol. The molecule has 5 heteroatoms. The molecule has 0 aliphatic heterocycles. The first-order chi connectivity index (χ1) is 10.2. The molecule has 0 spiro atoms. The fraction of sp³-hybridized carbons (Fsp3) is 0.125. The Labute approximate surface area is 120 Å². The first-order valence-electron chi connectivity index (χ1n) is 6.44. The third-order valence-electron chi connectivity index (χ3n) is 3.13. The van der Waals surface area contributed by atoms with Crippen molar-refractivity contribution in [3.63, 3.8) is 0 Å². The van der Waals surface area contributed by atoms with Crippen molar-refractivity contribution in [1.29, 1.82) is 0 Å². The molecule has 0 amide bonds. The van der Waals surface area contributed by atoms with Crippen LogP contribution < -0.4 is 10.4 Å². The van der Waals surface area contributed by atoms with Crippen molar-refractivity contribution >= 4 is 11.0 Å². The molecule has 1 aromatic carbocycles. The topological polar surface area (TPSA) is 72.6 Å². The molecular formula is C16H13NO4. The summed E-state index contributed by atoms with van der Waals surface area (Å²) in [6.45, 7) is 1.79. The molecular weight excluding hydrogens is 270 g/mol. The van der Waals surface area contributed by atoms with Crippen LogP contribution in [0.2, 0.25) is 0 Å². The quantitative estimate of drug-likeness (QED) is 0.748. The van der Waals surface area contributed by atoms with E-state index in [9.17, 15) is 4.79 Å². The largest absolute Gasteiger partial charge is 0.439 e. The van der Waals surface area contributed by atoms with Gasteiger partial charge in [-0.25, -0.2) is 9.78 Å². The number of hydrogen-bond acceptors (Lipinski definition) is 5. The number of pyridine rings is 1. The standard InChI is InChI=1S/C16H13NO4/c1-10-6-16(19)21-14-7-12(3-4-13(10)14)20-15-5-2-11(9-18)8-17-15/h2-8,18H,9H2,1H3. The lowest BCUT2D eigenvalue weighted by molar-refractivity contribution is 0.281. The molecule has 0 aliphatic rings. The maximum absolute atomic E-state index is 11.4. The average Bonchev–Trinajstić information content (AvgIpc) is 2.47. The molecule has 3 rings (SSSR count). The molecule has 106 valence electrons. The maximum Gasteiger partial charge on any atom is 0.336 e. The second kappa shape index (κ2) is 5.38. The van der Waals surface area contributed by atoms with Crippen molar-refractivity contribution in [2.75, 3.05) is 0 Å². The minimum Gasteiger partial charge on any atom is -0.439 e. The van der Waals surface area contributed by atoms with Crippen molar-refractivity contribution in [2.45, 2.75) is 13.5 Å². The third-order valence-corrected chi connectivity index (χ3v) is 3.13. The van der Waals surface area contributed by atoms with Crippen LogP contribution in [-0.4, -0.2) is 10.1 Å². The Morgan fingerprint density at radius 2 is 2.10 bits per heavy atom. The summed E-state index contributed by atoms with van der Waals surface area (Å²) in [5.41, 5.74) is 1.66. The molecule has 2 heterocycles. The number of aliphatic hydroxyl groups is 1. The van der Waals surface area contributed by atoms with Crippen molar-refractivity contribution in [1.82, 2.24) is 4.98 Å². The van der Waals surface area contributed by atoms with Gasteiger partial charge in [0.1, 0.15) is 11.3 Å². The number of hydrogen-bond donors (Lipinski definition) is 1. The lowest BCUT2D eigenvalue weighted by Crippen LogP contribution is -1.98. The highest BCUT2D eigenvalue weighted by Crippen LogP contribution is 2.25. The number of nitrogens with zero attached hydrogens (tertiary/aromatic N) is 1. The Morgan fingerprint density at radius 3 is 2.81 bits per heavy atom. The summed E-state index contributed by atoms with van der Waals surface area (Å²) in [5, 5.41) is 9.83. The van der Waals surface area contributed by atoms with E-state index < -0.39 is 0 Å². The second-order valence-corrected chi connectivity index (χ2v) is 4.67. The molecule has 0 atom stereocenters. The van der Waals surface area contributed by atoms with Crippen LogP contribution in [-0.2, 0) is 6.61 Å². The molecule has 21 heavy (non-hydrogen) atoms. The Kier molecular flexibility index (Phi) is 3.41. The SMILES string of the molecule is Cc1cc(=O)oc2cc(Oc3ccc(CO)cn3)ccc12. The molecule has 0 aliphatic carbocycles. The van der Waals surface area contributed by atoms with Crippen LogP contribution in [0.3, 0.4) is 0 Å². The minimum atomic E-state index is -0.387. The zero-order valence-corrected chi connectivity index (χ0v) is 11.4. The number of benzene rings is 1. The van der Waals surface area contributed by atoms with Crippen molar-refractivity contribution < 1.29 is 14.3 Å². The third kappa shape index (κ3) is 2.78. The molecule has 0 radical (unpaired) electrons. The lowest BCUT2D eigenvalue weighted by atomic mass is 10.1. The smallest absolute Gasteiger partial charge is 0.336 e. The van der Waals surface area contributed by atoms with E-state index >= 15 is 0 Å². The Hall–Kier alpha value is -2.66. The predicted molar refractivity (Wildman–Crippen MR) is 77.5 cm³/mol. The summed E-state index contributed by atoms with van der Waals surface area (Å²) in [4.78, 5) is 15.5. The summed E-state index contributed by atoms with van der Waals surface area (Å²) >= 11 is 0. The van der Waals surface area contributed by atoms with Crippen LogP contribution in [0.25, 0.3) is 11.0 Å². The predicted octanol–water partition coefficient (Wildman–Crippen LogP) is 2.78. The van der Waals surface area contributed by atoms with Gasteiger partial charge >= 0.3 is 5.63 Å². The number of fused-ring (bicyclic) bond motifs is 1. The van der Waals surface area contributed by atoms with Crippen LogP contribution in [0.1, 0.15) is 11.1 Å². The van der Waals surface area contributed by atoms with Gasteiger partial charge in [-0.1, -0.05) is 0 Å². The highest BCUT2D eigenvalue weighted by atomic mass is 16.5. The molecule has 2 aromatic heterocycles. The lowest BCUT2D eigenvalue weighted by Gasteiger charge is -2.06. The first kappa shape index (κ1) is 13.3. The van der Waals surface area contributed by atoms with E-state index in [1.165, 1.54) is 6.07 Å². The summed E-state index contributed by atoms with van der Waals surface area (Å²) in [6, 6.07) is 10.1. The van der Waals surface area contributed by atoms with Gasteiger partial charge in [-0.15, -0.1) is 0 Å². The van der Waals surface area contributed by atoms with Crippen molar-refractivity contribution in [2.24, 2.45) is 0 Å². The number of ether oxygens (including phenoxy) is 1. The molecule has 0 unspecified atom stereocenters. The summed E-state index contributed by atoms with van der Waals surface area (Å²) < 4.78 is 10.8. The van der Waals surface area contributed by atoms with Gasteiger partial charge in [0.2, 0.25) is 5.88 Å². The van der Waals surface area contributed by atoms with Gasteiger partial charge in [-0.3, -0.25) is 0 Å². The summed E-state index contributed by atoms with van der Waals surface area (Å²) in [6.07, 6.45) is 1.54. The zero-order chi connectivity index (χ0) is 14.8. The maximum atomic E-state index is 11.4. The van der Waals surface area contributed by atoms with Crippen LogP contribution >= 0.6 is 0 Å². The molecule has 0 saturated carbocycles. The summed E-state index contributed by atoms with van der Waals surface area (Å²) in [7, 11) is 0. The Balaban J connectivity index is 1.95. The Bertz CT molecular complexity index is 837. The van der Waals surface area contributed by atoms with E-state index in [0.29, 0.717) is 22.8 Å². The molecule has 0 saturated heterocycles. The van der Waals surface area contributed by atoms with Gasteiger partial charge in [-0.05, 0) is 36.2 Å². The van der Waals surface area contributed by atoms with Gasteiger partial charge in [0.15, 0.2) is 0 Å². The fourth-order valence-electron chi connectivity index (χ4n) is 2.05. The van der Waals surface area contributed by atoms with Crippen LogP contribution in [0, 0.1) is 6.92 Å². The molecule has 0 bridgehead atoms. The average molecular weight is 283 g/mol. The molecule has 1 N–H and O–H groups in total. The highest BCUT2D eigenvalue weighted by Gasteiger charge is 2.05. The number of aliphatic hydroxyl groups excluding tert-OH is 1.